The molecule has 4 rings (SSSR count). The molecule has 33 heavy (non-hydrogen) atoms. The first-order valence-electron chi connectivity index (χ1n) is 9.67. The molecule has 12 heteroatoms. The van der Waals surface area contributed by atoms with Gasteiger partial charge in [-0.1, -0.05) is 39.7 Å². The van der Waals surface area contributed by atoms with Crippen molar-refractivity contribution in [1.29, 1.82) is 0 Å². The second kappa shape index (κ2) is 8.45. The number of hydrogen-bond acceptors (Lipinski definition) is 4. The average Bonchev–Trinajstić information content (AvgIpc) is 3.21. The van der Waals surface area contributed by atoms with Gasteiger partial charge in [-0.05, 0) is 32.0 Å². The fraction of sp³-hybridized carbons (Fsp3) is 0.238. The number of aromatic nitrogens is 5. The Hall–Kier alpha value is -2.92. The Balaban J connectivity index is 1.76. The first kappa shape index (κ1) is 23.2. The van der Waals surface area contributed by atoms with E-state index in [-0.39, 0.29) is 28.6 Å². The van der Waals surface area contributed by atoms with Gasteiger partial charge in [0.2, 0.25) is 0 Å². The van der Waals surface area contributed by atoms with E-state index in [1.807, 2.05) is 6.92 Å². The standard InChI is InChI=1S/C21H17BrClF3N6O/c1-10-14(11(2)31(3)29-10)9-27-20(33)18-17(23)19-28-15(12-4-6-13(22)7-5-12)8-16(21(24,25)26)32(19)30-18/h4-8H,9H2,1-3H3,(H,27,33). The largest absolute Gasteiger partial charge is 0.433 e. The first-order valence-corrected chi connectivity index (χ1v) is 10.8. The number of alkyl halides is 3. The van der Waals surface area contributed by atoms with E-state index in [9.17, 15) is 18.0 Å². The highest BCUT2D eigenvalue weighted by Crippen LogP contribution is 2.34. The molecule has 0 radical (unpaired) electrons. The Bertz CT molecular complexity index is 1380. The highest BCUT2D eigenvalue weighted by atomic mass is 79.9. The van der Waals surface area contributed by atoms with Crippen LogP contribution in [0.5, 0.6) is 0 Å². The fourth-order valence-electron chi connectivity index (χ4n) is 3.43. The molecule has 0 unspecified atom stereocenters. The minimum atomic E-state index is -4.75. The molecular formula is C21H17BrClF3N6O. The molecule has 0 aliphatic heterocycles. The van der Waals surface area contributed by atoms with E-state index in [0.29, 0.717) is 10.1 Å². The summed E-state index contributed by atoms with van der Waals surface area (Å²) < 4.78 is 44.5. The molecule has 3 aromatic heterocycles. The van der Waals surface area contributed by atoms with E-state index < -0.39 is 17.8 Å². The summed E-state index contributed by atoms with van der Waals surface area (Å²) in [6.45, 7) is 3.77. The van der Waals surface area contributed by atoms with Crippen molar-refractivity contribution >= 4 is 39.1 Å². The summed E-state index contributed by atoms with van der Waals surface area (Å²) in [5.41, 5.74) is 1.20. The molecule has 7 nitrogen and oxygen atoms in total. The number of hydrogen-bond donors (Lipinski definition) is 1. The van der Waals surface area contributed by atoms with Gasteiger partial charge in [0, 0.05) is 34.9 Å². The molecular weight excluding hydrogens is 525 g/mol. The third-order valence-electron chi connectivity index (χ3n) is 5.26. The van der Waals surface area contributed by atoms with Gasteiger partial charge in [-0.2, -0.15) is 23.4 Å². The van der Waals surface area contributed by atoms with E-state index >= 15 is 0 Å². The summed E-state index contributed by atoms with van der Waals surface area (Å²) in [7, 11) is 1.78. The first-order chi connectivity index (χ1) is 15.5. The predicted molar refractivity (Wildman–Crippen MR) is 120 cm³/mol. The number of aryl methyl sites for hydroxylation is 2. The fourth-order valence-corrected chi connectivity index (χ4v) is 3.94. The summed E-state index contributed by atoms with van der Waals surface area (Å²) in [6, 6.07) is 7.50. The van der Waals surface area contributed by atoms with Crippen molar-refractivity contribution in [3.63, 3.8) is 0 Å². The van der Waals surface area contributed by atoms with Crippen molar-refractivity contribution in [2.75, 3.05) is 0 Å². The second-order valence-electron chi connectivity index (χ2n) is 7.38. The zero-order valence-corrected chi connectivity index (χ0v) is 20.0. The molecule has 0 aliphatic carbocycles. The van der Waals surface area contributed by atoms with E-state index in [0.717, 1.165) is 27.5 Å². The summed E-state index contributed by atoms with van der Waals surface area (Å²) in [5.74, 6) is -0.716. The molecule has 0 saturated heterocycles. The maximum Gasteiger partial charge on any atom is 0.433 e. The smallest absolute Gasteiger partial charge is 0.346 e. The van der Waals surface area contributed by atoms with Gasteiger partial charge in [0.25, 0.3) is 5.91 Å². The van der Waals surface area contributed by atoms with E-state index in [4.69, 9.17) is 11.6 Å². The molecule has 3 heterocycles. The van der Waals surface area contributed by atoms with Gasteiger partial charge < -0.3 is 5.32 Å². The van der Waals surface area contributed by atoms with Gasteiger partial charge in [-0.25, -0.2) is 9.50 Å². The van der Waals surface area contributed by atoms with Crippen LogP contribution in [0.1, 0.15) is 33.1 Å². The van der Waals surface area contributed by atoms with Crippen LogP contribution in [0, 0.1) is 13.8 Å². The number of rotatable bonds is 4. The van der Waals surface area contributed by atoms with Gasteiger partial charge in [0.15, 0.2) is 17.0 Å². The Morgan fingerprint density at radius 1 is 1.18 bits per heavy atom. The molecule has 0 fully saturated rings. The van der Waals surface area contributed by atoms with Crippen LogP contribution < -0.4 is 5.32 Å². The van der Waals surface area contributed by atoms with Gasteiger partial charge in [0.1, 0.15) is 5.02 Å². The minimum absolute atomic E-state index is 0.0534. The SMILES string of the molecule is Cc1nn(C)c(C)c1CNC(=O)c1nn2c(C(F)(F)F)cc(-c3ccc(Br)cc3)nc2c1Cl. The molecule has 4 aromatic rings. The maximum absolute atomic E-state index is 13.8. The van der Waals surface area contributed by atoms with Crippen molar-refractivity contribution < 1.29 is 18.0 Å². The second-order valence-corrected chi connectivity index (χ2v) is 8.68. The molecule has 0 atom stereocenters. The Kier molecular flexibility index (Phi) is 5.95. The topological polar surface area (TPSA) is 77.1 Å². The monoisotopic (exact) mass is 540 g/mol. The van der Waals surface area contributed by atoms with Gasteiger partial charge in [-0.15, -0.1) is 0 Å². The highest BCUT2D eigenvalue weighted by Gasteiger charge is 2.36. The number of halogens is 5. The molecule has 0 saturated carbocycles. The molecule has 1 aromatic carbocycles. The molecule has 172 valence electrons. The van der Waals surface area contributed by atoms with Crippen molar-refractivity contribution in [2.45, 2.75) is 26.6 Å². The Morgan fingerprint density at radius 2 is 1.85 bits per heavy atom. The molecule has 0 bridgehead atoms. The zero-order valence-electron chi connectivity index (χ0n) is 17.6. The number of nitrogens with zero attached hydrogens (tertiary/aromatic N) is 5. The number of amides is 1. The van der Waals surface area contributed by atoms with Crippen LogP contribution in [0.25, 0.3) is 16.9 Å². The van der Waals surface area contributed by atoms with Crippen LogP contribution in [0.4, 0.5) is 13.2 Å². The van der Waals surface area contributed by atoms with Crippen molar-refractivity contribution in [1.82, 2.24) is 29.7 Å². The summed E-state index contributed by atoms with van der Waals surface area (Å²) in [4.78, 5) is 17.0. The van der Waals surface area contributed by atoms with Crippen LogP contribution in [0.3, 0.4) is 0 Å². The summed E-state index contributed by atoms with van der Waals surface area (Å²) in [5, 5.41) is 10.5. The molecule has 0 aliphatic rings. The van der Waals surface area contributed by atoms with E-state index in [2.05, 4.69) is 36.4 Å². The van der Waals surface area contributed by atoms with Crippen LogP contribution in [-0.2, 0) is 19.8 Å². The van der Waals surface area contributed by atoms with Gasteiger partial charge in [0.05, 0.1) is 11.4 Å². The number of fused-ring (bicyclic) bond motifs is 1. The molecule has 1 N–H and O–H groups in total. The normalized spacial score (nSPS) is 11.9. The van der Waals surface area contributed by atoms with Gasteiger partial charge in [-0.3, -0.25) is 9.48 Å². The van der Waals surface area contributed by atoms with E-state index in [1.165, 1.54) is 0 Å². The third-order valence-corrected chi connectivity index (χ3v) is 6.14. The van der Waals surface area contributed by atoms with Crippen LogP contribution >= 0.6 is 27.5 Å². The Labute approximate surface area is 199 Å². The molecule has 1 amide bonds. The zero-order chi connectivity index (χ0) is 24.1. The lowest BCUT2D eigenvalue weighted by Gasteiger charge is -2.11. The number of nitrogens with one attached hydrogen (secondary N) is 1. The van der Waals surface area contributed by atoms with Crippen molar-refractivity contribution in [3.05, 3.63) is 68.2 Å². The molecule has 0 spiro atoms. The van der Waals surface area contributed by atoms with Crippen molar-refractivity contribution in [3.8, 4) is 11.3 Å². The number of carbonyl (C=O) groups excluding carboxylic acids is 1. The predicted octanol–water partition coefficient (Wildman–Crippen LogP) is 5.11. The van der Waals surface area contributed by atoms with Crippen LogP contribution in [-0.4, -0.2) is 30.3 Å². The summed E-state index contributed by atoms with van der Waals surface area (Å²) >= 11 is 9.60. The van der Waals surface area contributed by atoms with E-state index in [1.54, 1.807) is 42.9 Å². The lowest BCUT2D eigenvalue weighted by molar-refractivity contribution is -0.142. The maximum atomic E-state index is 13.8. The van der Waals surface area contributed by atoms with Gasteiger partial charge >= 0.3 is 6.18 Å². The number of carbonyl (C=O) groups is 1. The number of benzene rings is 1. The van der Waals surface area contributed by atoms with Crippen molar-refractivity contribution in [2.24, 2.45) is 7.05 Å². The Morgan fingerprint density at radius 3 is 2.42 bits per heavy atom. The highest BCUT2D eigenvalue weighted by molar-refractivity contribution is 9.10. The summed E-state index contributed by atoms with van der Waals surface area (Å²) in [6.07, 6.45) is -4.75. The minimum Gasteiger partial charge on any atom is -0.346 e. The lowest BCUT2D eigenvalue weighted by atomic mass is 10.1. The quantitative estimate of drug-likeness (QED) is 0.390. The average molecular weight is 542 g/mol. The van der Waals surface area contributed by atoms with Crippen LogP contribution in [0.15, 0.2) is 34.8 Å². The third kappa shape index (κ3) is 4.34. The lowest BCUT2D eigenvalue weighted by Crippen LogP contribution is -2.24. The van der Waals surface area contributed by atoms with Crippen LogP contribution in [0.2, 0.25) is 5.02 Å².